The molecule has 31 heavy (non-hydrogen) atoms. The van der Waals surface area contributed by atoms with Crippen molar-refractivity contribution in [2.75, 3.05) is 27.3 Å². The van der Waals surface area contributed by atoms with Gasteiger partial charge in [-0.1, -0.05) is 6.07 Å². The third-order valence-corrected chi connectivity index (χ3v) is 7.15. The van der Waals surface area contributed by atoms with E-state index in [-0.39, 0.29) is 12.5 Å². The topological polar surface area (TPSA) is 93.4 Å². The van der Waals surface area contributed by atoms with Crippen LogP contribution in [0.5, 0.6) is 5.75 Å². The van der Waals surface area contributed by atoms with E-state index in [2.05, 4.69) is 5.10 Å². The third kappa shape index (κ3) is 4.34. The molecule has 3 heterocycles. The first-order chi connectivity index (χ1) is 15.0. The molecule has 1 fully saturated rings. The predicted molar refractivity (Wildman–Crippen MR) is 117 cm³/mol. The van der Waals surface area contributed by atoms with E-state index in [9.17, 15) is 14.1 Å². The maximum Gasteiger partial charge on any atom is 0.307 e. The van der Waals surface area contributed by atoms with Crippen LogP contribution in [0.2, 0.25) is 0 Å². The van der Waals surface area contributed by atoms with Crippen molar-refractivity contribution in [3.8, 4) is 16.9 Å². The summed E-state index contributed by atoms with van der Waals surface area (Å²) >= 11 is 0. The maximum atomic E-state index is 13.5. The van der Waals surface area contributed by atoms with Crippen LogP contribution >= 0.6 is 0 Å². The number of aromatic nitrogens is 2. The first kappa shape index (κ1) is 21.5. The zero-order chi connectivity index (χ0) is 22.0. The van der Waals surface area contributed by atoms with Crippen molar-refractivity contribution < 1.29 is 23.6 Å². The van der Waals surface area contributed by atoms with Crippen LogP contribution in [0.1, 0.15) is 18.4 Å². The molecule has 4 rings (SSSR count). The molecule has 0 spiro atoms. The number of rotatable bonds is 7. The lowest BCUT2D eigenvalue weighted by Crippen LogP contribution is -2.37. The summed E-state index contributed by atoms with van der Waals surface area (Å²) < 4.78 is 28.2. The van der Waals surface area contributed by atoms with E-state index >= 15 is 0 Å². The molecular formula is C22H25N3O5S. The number of hydrogen-bond acceptors (Lipinski definition) is 5. The zero-order valence-electron chi connectivity index (χ0n) is 17.5. The first-order valence-electron chi connectivity index (χ1n) is 10.1. The second-order valence-corrected chi connectivity index (χ2v) is 8.89. The Balaban J connectivity index is 1.76. The Morgan fingerprint density at radius 1 is 1.26 bits per heavy atom. The van der Waals surface area contributed by atoms with Gasteiger partial charge in [0.25, 0.3) is 0 Å². The Morgan fingerprint density at radius 3 is 2.71 bits per heavy atom. The van der Waals surface area contributed by atoms with Crippen molar-refractivity contribution >= 4 is 22.5 Å². The number of hydrogen-bond donors (Lipinski definition) is 1. The zero-order valence-corrected chi connectivity index (χ0v) is 18.3. The summed E-state index contributed by atoms with van der Waals surface area (Å²) in [4.78, 5) is 11.9. The van der Waals surface area contributed by atoms with E-state index in [1.807, 2.05) is 34.6 Å². The highest BCUT2D eigenvalue weighted by Crippen LogP contribution is 2.37. The fourth-order valence-corrected chi connectivity index (χ4v) is 5.38. The number of methoxy groups -OCH3 is 2. The summed E-state index contributed by atoms with van der Waals surface area (Å²) in [5, 5.41) is 13.4. The van der Waals surface area contributed by atoms with E-state index < -0.39 is 17.0 Å². The average molecular weight is 444 g/mol. The fourth-order valence-electron chi connectivity index (χ4n) is 3.97. The molecule has 164 valence electrons. The largest absolute Gasteiger partial charge is 0.496 e. The van der Waals surface area contributed by atoms with Crippen LogP contribution in [-0.2, 0) is 26.9 Å². The van der Waals surface area contributed by atoms with Gasteiger partial charge in [0.1, 0.15) is 16.7 Å². The normalized spacial score (nSPS) is 16.5. The Bertz CT molecular complexity index is 1120. The molecule has 1 saturated heterocycles. The number of carboxylic acids is 1. The van der Waals surface area contributed by atoms with E-state index in [1.165, 1.54) is 0 Å². The minimum absolute atomic E-state index is 0.119. The lowest BCUT2D eigenvalue weighted by molar-refractivity contribution is -0.136. The molecule has 1 atom stereocenters. The number of ether oxygens (including phenoxy) is 2. The minimum Gasteiger partial charge on any atom is -0.496 e. The summed E-state index contributed by atoms with van der Waals surface area (Å²) in [5.41, 5.74) is 2.85. The quantitative estimate of drug-likeness (QED) is 0.604. The van der Waals surface area contributed by atoms with Gasteiger partial charge in [0, 0.05) is 37.5 Å². The standard InChI is InChI=1S/C22H25N3O5S/c1-29-17-7-9-24(10-8-17)31(28)20-5-3-4-19(30-2)22(20)15-6-11-25-18(12-15)16(14-23-25)13-21(26)27/h3-6,11-12,14,17H,7-10,13H2,1-2H3,(H,26,27). The molecule has 2 aromatic heterocycles. The highest BCUT2D eigenvalue weighted by atomic mass is 32.2. The van der Waals surface area contributed by atoms with Crippen LogP contribution in [0.3, 0.4) is 0 Å². The number of pyridine rings is 1. The van der Waals surface area contributed by atoms with Gasteiger partial charge in [-0.25, -0.2) is 13.0 Å². The van der Waals surface area contributed by atoms with Gasteiger partial charge in [0.15, 0.2) is 0 Å². The molecule has 1 N–H and O–H groups in total. The number of piperidine rings is 1. The number of aliphatic carboxylic acids is 1. The van der Waals surface area contributed by atoms with Gasteiger partial charge in [-0.15, -0.1) is 0 Å². The summed E-state index contributed by atoms with van der Waals surface area (Å²) in [5.74, 6) is -0.305. The number of carbonyl (C=O) groups is 1. The molecule has 0 aliphatic carbocycles. The van der Waals surface area contributed by atoms with Crippen molar-refractivity contribution in [2.24, 2.45) is 0 Å². The van der Waals surface area contributed by atoms with E-state index in [0.717, 1.165) is 24.0 Å². The Hall–Kier alpha value is -2.75. The van der Waals surface area contributed by atoms with Crippen molar-refractivity contribution in [2.45, 2.75) is 30.3 Å². The summed E-state index contributed by atoms with van der Waals surface area (Å²) in [6, 6.07) is 9.28. The number of benzene rings is 1. The molecule has 0 saturated carbocycles. The molecule has 1 aromatic carbocycles. The van der Waals surface area contributed by atoms with E-state index in [4.69, 9.17) is 9.47 Å². The third-order valence-electron chi connectivity index (χ3n) is 5.60. The highest BCUT2D eigenvalue weighted by molar-refractivity contribution is 7.82. The fraction of sp³-hybridized carbons (Fsp3) is 0.364. The van der Waals surface area contributed by atoms with Gasteiger partial charge in [-0.2, -0.15) is 5.10 Å². The summed E-state index contributed by atoms with van der Waals surface area (Å²) in [6.45, 7) is 1.37. The lowest BCUT2D eigenvalue weighted by Gasteiger charge is -2.30. The molecule has 3 aromatic rings. The summed E-state index contributed by atoms with van der Waals surface area (Å²) in [7, 11) is 1.93. The first-order valence-corrected chi connectivity index (χ1v) is 11.2. The highest BCUT2D eigenvalue weighted by Gasteiger charge is 2.26. The van der Waals surface area contributed by atoms with Gasteiger partial charge < -0.3 is 14.6 Å². The molecule has 8 nitrogen and oxygen atoms in total. The molecule has 1 aliphatic rings. The Labute approximate surface area is 183 Å². The van der Waals surface area contributed by atoms with Crippen LogP contribution in [-0.4, -0.2) is 62.6 Å². The van der Waals surface area contributed by atoms with Gasteiger partial charge in [-0.3, -0.25) is 4.79 Å². The molecular weight excluding hydrogens is 418 g/mol. The second kappa shape index (κ2) is 9.17. The SMILES string of the molecule is COc1cccc(S(=O)N2CCC(OC)CC2)c1-c1ccn2ncc(CC(=O)O)c2c1. The molecule has 9 heteroatoms. The van der Waals surface area contributed by atoms with Crippen molar-refractivity contribution in [1.29, 1.82) is 0 Å². The predicted octanol–water partition coefficient (Wildman–Crippen LogP) is 2.77. The number of carboxylic acid groups (broad SMARTS) is 1. The van der Waals surface area contributed by atoms with Gasteiger partial charge >= 0.3 is 5.97 Å². The summed E-state index contributed by atoms with van der Waals surface area (Å²) in [6.07, 6.45) is 5.10. The van der Waals surface area contributed by atoms with Gasteiger partial charge in [0.2, 0.25) is 0 Å². The van der Waals surface area contributed by atoms with Crippen LogP contribution in [0.25, 0.3) is 16.6 Å². The van der Waals surface area contributed by atoms with Crippen LogP contribution in [0, 0.1) is 0 Å². The number of nitrogens with zero attached hydrogens (tertiary/aromatic N) is 3. The lowest BCUT2D eigenvalue weighted by atomic mass is 10.0. The average Bonchev–Trinajstić information content (AvgIpc) is 3.19. The second-order valence-electron chi connectivity index (χ2n) is 7.43. The molecule has 1 aliphatic heterocycles. The van der Waals surface area contributed by atoms with E-state index in [0.29, 0.717) is 34.8 Å². The van der Waals surface area contributed by atoms with Crippen molar-refractivity contribution in [1.82, 2.24) is 13.9 Å². The molecule has 0 radical (unpaired) electrons. The maximum absolute atomic E-state index is 13.5. The minimum atomic E-state index is -1.37. The van der Waals surface area contributed by atoms with Crippen LogP contribution < -0.4 is 4.74 Å². The van der Waals surface area contributed by atoms with Crippen molar-refractivity contribution in [3.05, 3.63) is 48.3 Å². The number of fused-ring (bicyclic) bond motifs is 1. The van der Waals surface area contributed by atoms with Gasteiger partial charge in [0.05, 0.1) is 36.2 Å². The van der Waals surface area contributed by atoms with Gasteiger partial charge in [-0.05, 0) is 42.7 Å². The van der Waals surface area contributed by atoms with E-state index in [1.54, 1.807) is 31.1 Å². The van der Waals surface area contributed by atoms with Crippen LogP contribution in [0.15, 0.2) is 47.6 Å². The Morgan fingerprint density at radius 2 is 2.03 bits per heavy atom. The molecule has 0 bridgehead atoms. The molecule has 1 unspecified atom stereocenters. The van der Waals surface area contributed by atoms with Crippen molar-refractivity contribution in [3.63, 3.8) is 0 Å². The van der Waals surface area contributed by atoms with Crippen LogP contribution in [0.4, 0.5) is 0 Å². The Kier molecular flexibility index (Phi) is 6.35. The monoisotopic (exact) mass is 443 g/mol. The smallest absolute Gasteiger partial charge is 0.307 e. The molecule has 0 amide bonds.